The van der Waals surface area contributed by atoms with E-state index in [1.807, 2.05) is 24.8 Å². The van der Waals surface area contributed by atoms with Gasteiger partial charge in [-0.2, -0.15) is 0 Å². The van der Waals surface area contributed by atoms with Gasteiger partial charge >= 0.3 is 0 Å². The molecule has 186 valence electrons. The number of halogens is 2. The lowest BCUT2D eigenvalue weighted by Crippen LogP contribution is -2.39. The first kappa shape index (κ1) is 26.0. The van der Waals surface area contributed by atoms with Gasteiger partial charge in [-0.15, -0.1) is 6.58 Å². The van der Waals surface area contributed by atoms with Crippen molar-refractivity contribution in [1.82, 2.24) is 0 Å². The van der Waals surface area contributed by atoms with Crippen LogP contribution in [0.3, 0.4) is 0 Å². The highest BCUT2D eigenvalue weighted by Crippen LogP contribution is 2.44. The zero-order valence-electron chi connectivity index (χ0n) is 20.1. The van der Waals surface area contributed by atoms with Crippen LogP contribution >= 0.6 is 35.4 Å². The Morgan fingerprint density at radius 1 is 1.08 bits per heavy atom. The molecule has 0 aromatic heterocycles. The third kappa shape index (κ3) is 5.07. The molecule has 3 aromatic carbocycles. The minimum atomic E-state index is -0.502. The molecule has 0 radical (unpaired) electrons. The number of rotatable bonds is 6. The average Bonchev–Trinajstić information content (AvgIpc) is 2.83. The molecular formula is C28H26Cl2N2O3S. The Kier molecular flexibility index (Phi) is 7.32. The molecule has 1 unspecified atom stereocenters. The Balaban J connectivity index is 1.95. The van der Waals surface area contributed by atoms with E-state index in [1.54, 1.807) is 61.7 Å². The standard InChI is InChI=1S/C28H26Cl2N2O3S/c1-5-28(2,3)22-13-21(26(35-4)15-25(22)34)24-14-23(16-6-8-20(33)9-7-16)31-27(36)32(24)19-11-17(29)10-18(30)12-19/h5-13,15,24,33-34H,1,14H2,2-4H3. The van der Waals surface area contributed by atoms with Gasteiger partial charge in [0, 0.05) is 44.8 Å². The van der Waals surface area contributed by atoms with Crippen LogP contribution in [0.1, 0.15) is 43.0 Å². The number of hydrogen-bond acceptors (Lipinski definition) is 4. The highest BCUT2D eigenvalue weighted by molar-refractivity contribution is 7.80. The van der Waals surface area contributed by atoms with Crippen molar-refractivity contribution in [2.24, 2.45) is 4.99 Å². The minimum Gasteiger partial charge on any atom is -0.508 e. The van der Waals surface area contributed by atoms with Crippen LogP contribution in [0.4, 0.5) is 5.69 Å². The van der Waals surface area contributed by atoms with E-state index in [1.165, 1.54) is 0 Å². The van der Waals surface area contributed by atoms with Gasteiger partial charge in [0.15, 0.2) is 0 Å². The van der Waals surface area contributed by atoms with E-state index in [2.05, 4.69) is 6.58 Å². The van der Waals surface area contributed by atoms with Crippen molar-refractivity contribution in [1.29, 1.82) is 0 Å². The normalized spacial score (nSPS) is 16.0. The fraction of sp³-hybridized carbons (Fsp3) is 0.214. The van der Waals surface area contributed by atoms with Gasteiger partial charge in [-0.05, 0) is 66.3 Å². The summed E-state index contributed by atoms with van der Waals surface area (Å²) in [4.78, 5) is 6.63. The third-order valence-corrected chi connectivity index (χ3v) is 7.10. The molecule has 4 rings (SSSR count). The summed E-state index contributed by atoms with van der Waals surface area (Å²) in [5.41, 5.74) is 3.30. The summed E-state index contributed by atoms with van der Waals surface area (Å²) in [5, 5.41) is 21.9. The molecule has 36 heavy (non-hydrogen) atoms. The summed E-state index contributed by atoms with van der Waals surface area (Å²) in [6.45, 7) is 7.91. The summed E-state index contributed by atoms with van der Waals surface area (Å²) >= 11 is 18.5. The molecule has 1 heterocycles. The second-order valence-corrected chi connectivity index (χ2v) is 10.4. The van der Waals surface area contributed by atoms with Gasteiger partial charge in [0.1, 0.15) is 17.2 Å². The number of benzene rings is 3. The van der Waals surface area contributed by atoms with Gasteiger partial charge < -0.3 is 19.8 Å². The SMILES string of the molecule is C=CC(C)(C)c1cc(C2CC(c3ccc(O)cc3)=NC(=S)N2c2cc(Cl)cc(Cl)c2)c(OC)cc1O. The van der Waals surface area contributed by atoms with E-state index in [0.29, 0.717) is 38.6 Å². The molecule has 2 N–H and O–H groups in total. The van der Waals surface area contributed by atoms with Crippen LogP contribution in [-0.4, -0.2) is 28.1 Å². The molecule has 1 aliphatic heterocycles. The van der Waals surface area contributed by atoms with Crippen molar-refractivity contribution in [3.05, 3.63) is 94.0 Å². The van der Waals surface area contributed by atoms with Crippen molar-refractivity contribution in [3.8, 4) is 17.2 Å². The zero-order valence-corrected chi connectivity index (χ0v) is 22.5. The summed E-state index contributed by atoms with van der Waals surface area (Å²) in [6.07, 6.45) is 2.26. The van der Waals surface area contributed by atoms with Crippen molar-refractivity contribution >= 4 is 51.9 Å². The first-order valence-corrected chi connectivity index (χ1v) is 12.4. The fourth-order valence-corrected chi connectivity index (χ4v) is 5.18. The number of ether oxygens (including phenoxy) is 1. The number of aromatic hydroxyl groups is 2. The molecule has 0 saturated heterocycles. The van der Waals surface area contributed by atoms with E-state index in [0.717, 1.165) is 16.8 Å². The quantitative estimate of drug-likeness (QED) is 0.249. The summed E-state index contributed by atoms with van der Waals surface area (Å²) in [7, 11) is 1.56. The fourth-order valence-electron chi connectivity index (χ4n) is 4.33. The van der Waals surface area contributed by atoms with Gasteiger partial charge in [0.05, 0.1) is 18.9 Å². The summed E-state index contributed by atoms with van der Waals surface area (Å²) in [5.74, 6) is 0.790. The molecule has 0 amide bonds. The molecular weight excluding hydrogens is 515 g/mol. The van der Waals surface area contributed by atoms with Crippen molar-refractivity contribution in [3.63, 3.8) is 0 Å². The number of aliphatic imine (C=N–C) groups is 1. The molecule has 5 nitrogen and oxygen atoms in total. The second kappa shape index (κ2) is 10.1. The number of nitrogens with zero attached hydrogens (tertiary/aromatic N) is 2. The molecule has 8 heteroatoms. The number of allylic oxidation sites excluding steroid dienone is 1. The Morgan fingerprint density at radius 2 is 1.72 bits per heavy atom. The number of methoxy groups -OCH3 is 1. The maximum atomic E-state index is 10.8. The van der Waals surface area contributed by atoms with Crippen LogP contribution in [0.15, 0.2) is 72.2 Å². The Labute approximate surface area is 226 Å². The molecule has 0 spiro atoms. The lowest BCUT2D eigenvalue weighted by atomic mass is 9.81. The molecule has 0 aliphatic carbocycles. The average molecular weight is 542 g/mol. The van der Waals surface area contributed by atoms with E-state index >= 15 is 0 Å². The number of thiocarbonyl (C=S) groups is 1. The molecule has 0 bridgehead atoms. The minimum absolute atomic E-state index is 0.115. The zero-order chi connectivity index (χ0) is 26.2. The first-order valence-electron chi connectivity index (χ1n) is 11.2. The maximum absolute atomic E-state index is 10.8. The van der Waals surface area contributed by atoms with E-state index in [4.69, 9.17) is 45.1 Å². The number of phenols is 2. The summed E-state index contributed by atoms with van der Waals surface area (Å²) in [6, 6.07) is 15.3. The second-order valence-electron chi connectivity index (χ2n) is 9.14. The Bertz CT molecular complexity index is 1350. The topological polar surface area (TPSA) is 65.3 Å². The monoisotopic (exact) mass is 540 g/mol. The van der Waals surface area contributed by atoms with Crippen LogP contribution < -0.4 is 9.64 Å². The first-order chi connectivity index (χ1) is 17.0. The summed E-state index contributed by atoms with van der Waals surface area (Å²) < 4.78 is 5.72. The van der Waals surface area contributed by atoms with E-state index in [-0.39, 0.29) is 17.5 Å². The Morgan fingerprint density at radius 3 is 2.31 bits per heavy atom. The van der Waals surface area contributed by atoms with Crippen molar-refractivity contribution < 1.29 is 14.9 Å². The smallest absolute Gasteiger partial charge is 0.200 e. The van der Waals surface area contributed by atoms with Gasteiger partial charge in [-0.1, -0.05) is 43.1 Å². The van der Waals surface area contributed by atoms with Gasteiger partial charge in [0.2, 0.25) is 5.11 Å². The lowest BCUT2D eigenvalue weighted by molar-refractivity contribution is 0.395. The largest absolute Gasteiger partial charge is 0.508 e. The molecule has 1 atom stereocenters. The van der Waals surface area contributed by atoms with Crippen LogP contribution in [0, 0.1) is 0 Å². The Hall–Kier alpha value is -3.06. The van der Waals surface area contributed by atoms with Crippen LogP contribution in [-0.2, 0) is 5.41 Å². The molecule has 1 aliphatic rings. The van der Waals surface area contributed by atoms with Crippen molar-refractivity contribution in [2.45, 2.75) is 31.7 Å². The highest BCUT2D eigenvalue weighted by Gasteiger charge is 2.35. The van der Waals surface area contributed by atoms with Crippen LogP contribution in [0.2, 0.25) is 10.0 Å². The van der Waals surface area contributed by atoms with Crippen LogP contribution in [0.25, 0.3) is 0 Å². The maximum Gasteiger partial charge on any atom is 0.200 e. The number of phenolic OH excluding ortho intramolecular Hbond substituents is 2. The van der Waals surface area contributed by atoms with E-state index < -0.39 is 5.41 Å². The highest BCUT2D eigenvalue weighted by atomic mass is 35.5. The molecule has 0 fully saturated rings. The van der Waals surface area contributed by atoms with Crippen molar-refractivity contribution in [2.75, 3.05) is 12.0 Å². The number of hydrogen-bond donors (Lipinski definition) is 2. The van der Waals surface area contributed by atoms with Gasteiger partial charge in [-0.25, -0.2) is 4.99 Å². The lowest BCUT2D eigenvalue weighted by Gasteiger charge is -2.38. The number of anilines is 1. The molecule has 3 aromatic rings. The predicted octanol–water partition coefficient (Wildman–Crippen LogP) is 7.60. The van der Waals surface area contributed by atoms with E-state index in [9.17, 15) is 10.2 Å². The predicted molar refractivity (Wildman–Crippen MR) is 151 cm³/mol. The van der Waals surface area contributed by atoms with Crippen LogP contribution in [0.5, 0.6) is 17.2 Å². The third-order valence-electron chi connectivity index (χ3n) is 6.37. The van der Waals surface area contributed by atoms with Gasteiger partial charge in [-0.3, -0.25) is 0 Å². The molecule has 0 saturated carbocycles. The van der Waals surface area contributed by atoms with Gasteiger partial charge in [0.25, 0.3) is 0 Å².